The normalized spacial score (nSPS) is 24.5. The predicted octanol–water partition coefficient (Wildman–Crippen LogP) is 5.46. The lowest BCUT2D eigenvalue weighted by atomic mass is 9.74. The fraction of sp³-hybridized carbons (Fsp3) is 0.556. The Morgan fingerprint density at radius 3 is 2.54 bits per heavy atom. The van der Waals surface area contributed by atoms with Crippen LogP contribution in [0.5, 0.6) is 0 Å². The molecule has 1 aromatic heterocycles. The minimum atomic E-state index is -4.20. The summed E-state index contributed by atoms with van der Waals surface area (Å²) in [6.07, 6.45) is 0.727. The molecular formula is C18H17BrF5N3O. The van der Waals surface area contributed by atoms with Crippen LogP contribution in [0.2, 0.25) is 0 Å². The summed E-state index contributed by atoms with van der Waals surface area (Å²) >= 11 is 3.21. The number of carbonyl (C=O) groups is 1. The molecule has 2 aromatic rings. The Kier molecular flexibility index (Phi) is 4.30. The second-order valence-corrected chi connectivity index (χ2v) is 8.62. The Morgan fingerprint density at radius 1 is 1.32 bits per heavy atom. The summed E-state index contributed by atoms with van der Waals surface area (Å²) in [5, 5.41) is 2.48. The van der Waals surface area contributed by atoms with Crippen molar-refractivity contribution in [3.63, 3.8) is 0 Å². The van der Waals surface area contributed by atoms with E-state index in [0.29, 0.717) is 11.0 Å². The monoisotopic (exact) mass is 465 g/mol. The van der Waals surface area contributed by atoms with E-state index < -0.39 is 47.9 Å². The van der Waals surface area contributed by atoms with Crippen LogP contribution in [-0.2, 0) is 10.3 Å². The number of benzene rings is 1. The molecule has 1 amide bonds. The molecule has 1 aromatic carbocycles. The van der Waals surface area contributed by atoms with Gasteiger partial charge in [-0.15, -0.1) is 0 Å². The van der Waals surface area contributed by atoms with Gasteiger partial charge < -0.3 is 4.57 Å². The Hall–Kier alpha value is -1.71. The van der Waals surface area contributed by atoms with Gasteiger partial charge in [-0.25, -0.2) is 9.37 Å². The summed E-state index contributed by atoms with van der Waals surface area (Å²) in [5.41, 5.74) is 0.469. The number of fused-ring (bicyclic) bond motifs is 1. The first-order valence-electron chi connectivity index (χ1n) is 8.89. The zero-order valence-corrected chi connectivity index (χ0v) is 16.4. The van der Waals surface area contributed by atoms with Crippen molar-refractivity contribution in [2.75, 3.05) is 5.32 Å². The first-order chi connectivity index (χ1) is 13.0. The predicted molar refractivity (Wildman–Crippen MR) is 96.1 cm³/mol. The quantitative estimate of drug-likeness (QED) is 0.609. The lowest BCUT2D eigenvalue weighted by molar-refractivity contribution is -0.313. The number of anilines is 1. The van der Waals surface area contributed by atoms with Crippen LogP contribution in [-0.4, -0.2) is 27.3 Å². The molecule has 152 valence electrons. The van der Waals surface area contributed by atoms with E-state index in [2.05, 4.69) is 26.2 Å². The van der Waals surface area contributed by atoms with Crippen LogP contribution in [0.1, 0.15) is 39.0 Å². The second kappa shape index (κ2) is 6.14. The van der Waals surface area contributed by atoms with Gasteiger partial charge in [-0.1, -0.05) is 0 Å². The minimum Gasteiger partial charge on any atom is -0.303 e. The van der Waals surface area contributed by atoms with E-state index in [1.54, 1.807) is 4.57 Å². The highest BCUT2D eigenvalue weighted by Gasteiger charge is 2.71. The summed E-state index contributed by atoms with van der Waals surface area (Å²) in [5.74, 6) is -11.2. The topological polar surface area (TPSA) is 46.9 Å². The number of hydrogen-bond acceptors (Lipinski definition) is 2. The molecule has 10 heteroatoms. The van der Waals surface area contributed by atoms with Crippen LogP contribution < -0.4 is 5.32 Å². The lowest BCUT2D eigenvalue weighted by Gasteiger charge is -2.43. The summed E-state index contributed by atoms with van der Waals surface area (Å²) in [6.45, 7) is 1.94. The van der Waals surface area contributed by atoms with Crippen LogP contribution in [0.4, 0.5) is 27.9 Å². The van der Waals surface area contributed by atoms with Crippen LogP contribution in [0.25, 0.3) is 11.0 Å². The van der Waals surface area contributed by atoms with E-state index in [1.165, 1.54) is 12.1 Å². The number of nitrogens with zero attached hydrogens (tertiary/aromatic N) is 2. The molecule has 0 spiro atoms. The summed E-state index contributed by atoms with van der Waals surface area (Å²) in [4.78, 5) is 16.6. The van der Waals surface area contributed by atoms with Crippen molar-refractivity contribution in [2.45, 2.75) is 56.4 Å². The van der Waals surface area contributed by atoms with Gasteiger partial charge in [0.15, 0.2) is 0 Å². The molecule has 4 rings (SSSR count). The number of imidazole rings is 1. The largest absolute Gasteiger partial charge is 0.313 e. The third kappa shape index (κ3) is 2.74. The Labute approximate surface area is 165 Å². The van der Waals surface area contributed by atoms with Gasteiger partial charge in [0.05, 0.1) is 15.5 Å². The van der Waals surface area contributed by atoms with Crippen molar-refractivity contribution in [3.8, 4) is 0 Å². The van der Waals surface area contributed by atoms with Crippen molar-refractivity contribution in [1.29, 1.82) is 0 Å². The molecule has 2 aliphatic carbocycles. The maximum atomic E-state index is 14.1. The van der Waals surface area contributed by atoms with E-state index in [9.17, 15) is 26.7 Å². The van der Waals surface area contributed by atoms with Gasteiger partial charge in [0.25, 0.3) is 0 Å². The number of nitrogens with one attached hydrogen (secondary N) is 1. The van der Waals surface area contributed by atoms with Gasteiger partial charge >= 0.3 is 11.8 Å². The molecule has 0 bridgehead atoms. The molecule has 4 nitrogen and oxygen atoms in total. The first kappa shape index (κ1) is 19.6. The average Bonchev–Trinajstić information content (AvgIpc) is 2.94. The molecule has 28 heavy (non-hydrogen) atoms. The zero-order chi connectivity index (χ0) is 20.5. The number of amides is 1. The SMILES string of the molecule is CC1(n2c(NC(=O)CC3CC(F)(F)C3(F)F)nc3ccc(F)c(Br)c32)CCC1. The number of hydrogen-bond donors (Lipinski definition) is 1. The average molecular weight is 466 g/mol. The molecular weight excluding hydrogens is 449 g/mol. The van der Waals surface area contributed by atoms with Gasteiger partial charge in [-0.05, 0) is 54.2 Å². The molecule has 2 saturated carbocycles. The van der Waals surface area contributed by atoms with Gasteiger partial charge in [0.1, 0.15) is 5.82 Å². The molecule has 2 aliphatic rings. The number of halogens is 6. The van der Waals surface area contributed by atoms with E-state index in [4.69, 9.17) is 0 Å². The zero-order valence-electron chi connectivity index (χ0n) is 14.8. The minimum absolute atomic E-state index is 0.0999. The number of rotatable bonds is 4. The highest BCUT2D eigenvalue weighted by molar-refractivity contribution is 9.10. The molecule has 1 heterocycles. The number of alkyl halides is 4. The first-order valence-corrected chi connectivity index (χ1v) is 9.68. The fourth-order valence-electron chi connectivity index (χ4n) is 3.97. The molecule has 0 saturated heterocycles. The Morgan fingerprint density at radius 2 is 2.00 bits per heavy atom. The van der Waals surface area contributed by atoms with Gasteiger partial charge in [-0.3, -0.25) is 10.1 Å². The number of aromatic nitrogens is 2. The molecule has 0 aliphatic heterocycles. The Balaban J connectivity index is 1.65. The summed E-state index contributed by atoms with van der Waals surface area (Å²) < 4.78 is 68.9. The highest BCUT2D eigenvalue weighted by atomic mass is 79.9. The number of carbonyl (C=O) groups excluding carboxylic acids is 1. The van der Waals surface area contributed by atoms with E-state index in [1.807, 2.05) is 6.92 Å². The molecule has 1 N–H and O–H groups in total. The van der Waals surface area contributed by atoms with Crippen LogP contribution >= 0.6 is 15.9 Å². The second-order valence-electron chi connectivity index (χ2n) is 7.83. The van der Waals surface area contributed by atoms with Crippen LogP contribution in [0, 0.1) is 11.7 Å². The van der Waals surface area contributed by atoms with Crippen molar-refractivity contribution >= 4 is 38.8 Å². The maximum absolute atomic E-state index is 14.1. The van der Waals surface area contributed by atoms with Crippen LogP contribution in [0.15, 0.2) is 16.6 Å². The lowest BCUT2D eigenvalue weighted by Crippen LogP contribution is -2.59. The molecule has 1 atom stereocenters. The maximum Gasteiger partial charge on any atom is 0.313 e. The molecule has 2 fully saturated rings. The molecule has 0 radical (unpaired) electrons. The van der Waals surface area contributed by atoms with Crippen molar-refractivity contribution in [3.05, 3.63) is 22.4 Å². The molecule has 1 unspecified atom stereocenters. The summed E-state index contributed by atoms with van der Waals surface area (Å²) in [7, 11) is 0. The van der Waals surface area contributed by atoms with Crippen molar-refractivity contribution in [1.82, 2.24) is 9.55 Å². The smallest absolute Gasteiger partial charge is 0.303 e. The Bertz CT molecular complexity index is 970. The van der Waals surface area contributed by atoms with E-state index >= 15 is 0 Å². The van der Waals surface area contributed by atoms with E-state index in [-0.39, 0.29) is 10.4 Å². The summed E-state index contributed by atoms with van der Waals surface area (Å²) in [6, 6.07) is 2.69. The third-order valence-electron chi connectivity index (χ3n) is 5.87. The van der Waals surface area contributed by atoms with Crippen LogP contribution in [0.3, 0.4) is 0 Å². The third-order valence-corrected chi connectivity index (χ3v) is 6.62. The van der Waals surface area contributed by atoms with Crippen molar-refractivity contribution < 1.29 is 26.7 Å². The standard InChI is InChI=1S/C18H17BrF5N3O/c1-16(5-2-6-16)27-14-11(4-3-10(20)13(14)19)25-15(27)26-12(28)7-9-8-17(21,22)18(9,23)24/h3-4,9H,2,5-8H2,1H3,(H,25,26,28). The van der Waals surface area contributed by atoms with Gasteiger partial charge in [0.2, 0.25) is 11.9 Å². The van der Waals surface area contributed by atoms with Gasteiger partial charge in [-0.2, -0.15) is 17.6 Å². The van der Waals surface area contributed by atoms with Gasteiger partial charge in [0, 0.05) is 24.3 Å². The fourth-order valence-corrected chi connectivity index (χ4v) is 4.48. The van der Waals surface area contributed by atoms with E-state index in [0.717, 1.165) is 19.3 Å². The highest BCUT2D eigenvalue weighted by Crippen LogP contribution is 2.56. The van der Waals surface area contributed by atoms with Crippen molar-refractivity contribution in [2.24, 2.45) is 5.92 Å².